The van der Waals surface area contributed by atoms with E-state index in [1.165, 1.54) is 6.07 Å². The Hall–Kier alpha value is -2.15. The van der Waals surface area contributed by atoms with Gasteiger partial charge in [0, 0.05) is 40.9 Å². The third-order valence-corrected chi connectivity index (χ3v) is 6.87. The van der Waals surface area contributed by atoms with E-state index in [1.807, 2.05) is 67.9 Å². The summed E-state index contributed by atoms with van der Waals surface area (Å²) < 4.78 is 46.4. The van der Waals surface area contributed by atoms with Crippen molar-refractivity contribution in [1.82, 2.24) is 9.29 Å². The minimum atomic E-state index is -1.31. The summed E-state index contributed by atoms with van der Waals surface area (Å²) in [6.45, 7) is 12.6. The number of rotatable bonds is 6. The molecule has 0 saturated carbocycles. The molecule has 0 unspecified atom stereocenters. The van der Waals surface area contributed by atoms with Gasteiger partial charge in [-0.2, -0.15) is 0 Å². The van der Waals surface area contributed by atoms with Gasteiger partial charge in [0.05, 0.1) is 6.04 Å². The molecule has 1 N–H and O–H groups in total. The number of benzene rings is 2. The van der Waals surface area contributed by atoms with Gasteiger partial charge < -0.3 is 9.12 Å². The molecule has 0 aliphatic heterocycles. The fraction of sp³-hybridized carbons (Fsp3) is 0.385. The fourth-order valence-electron chi connectivity index (χ4n) is 3.52. The van der Waals surface area contributed by atoms with Gasteiger partial charge in [-0.25, -0.2) is 8.78 Å². The van der Waals surface area contributed by atoms with Crippen molar-refractivity contribution in [3.8, 4) is 11.1 Å². The van der Waals surface area contributed by atoms with Crippen molar-refractivity contribution in [3.05, 3.63) is 83.7 Å². The predicted molar refractivity (Wildman–Crippen MR) is 129 cm³/mol. The maximum atomic E-state index is 14.6. The molecule has 0 bridgehead atoms. The highest BCUT2D eigenvalue weighted by molar-refractivity contribution is 7.90. The SMILES string of the molecule is CC(C)(C)[C@@H](N[S@+]([O-])C(C)(C)C)c1cc(-c2cc(F)ccc2F)cn1Cc1ccccc1. The van der Waals surface area contributed by atoms with Crippen LogP contribution >= 0.6 is 0 Å². The van der Waals surface area contributed by atoms with E-state index >= 15 is 0 Å². The normalized spacial score (nSPS) is 14.4. The molecular formula is C26H32F2N2OS. The van der Waals surface area contributed by atoms with Gasteiger partial charge >= 0.3 is 0 Å². The van der Waals surface area contributed by atoms with Crippen LogP contribution in [0, 0.1) is 17.0 Å². The van der Waals surface area contributed by atoms with Crippen LogP contribution in [0.1, 0.15) is 58.8 Å². The summed E-state index contributed by atoms with van der Waals surface area (Å²) in [6, 6.07) is 15.0. The monoisotopic (exact) mass is 458 g/mol. The Labute approximate surface area is 193 Å². The molecule has 32 heavy (non-hydrogen) atoms. The van der Waals surface area contributed by atoms with Crippen LogP contribution in [0.3, 0.4) is 0 Å². The molecule has 0 radical (unpaired) electrons. The Morgan fingerprint density at radius 1 is 0.969 bits per heavy atom. The highest BCUT2D eigenvalue weighted by Gasteiger charge is 2.37. The number of nitrogens with zero attached hydrogens (tertiary/aromatic N) is 1. The Morgan fingerprint density at radius 3 is 2.22 bits per heavy atom. The molecule has 2 aromatic carbocycles. The summed E-state index contributed by atoms with van der Waals surface area (Å²) in [5.74, 6) is -0.966. The van der Waals surface area contributed by atoms with E-state index in [4.69, 9.17) is 0 Å². The van der Waals surface area contributed by atoms with Crippen molar-refractivity contribution >= 4 is 11.4 Å². The standard InChI is InChI=1S/C26H32F2N2OS/c1-25(2,3)24(29-32(31)26(4,5)6)23-14-19(21-15-20(27)12-13-22(21)28)17-30(23)16-18-10-8-7-9-11-18/h7-15,17,24,29H,16H2,1-6H3/t24-,32+/m0/s1. The maximum absolute atomic E-state index is 14.6. The average Bonchev–Trinajstić information content (AvgIpc) is 3.09. The number of hydrogen-bond donors (Lipinski definition) is 1. The lowest BCUT2D eigenvalue weighted by Gasteiger charge is -2.35. The van der Waals surface area contributed by atoms with E-state index in [2.05, 4.69) is 25.5 Å². The molecule has 172 valence electrons. The topological polar surface area (TPSA) is 40.0 Å². The third kappa shape index (κ3) is 5.80. The molecule has 3 nitrogen and oxygen atoms in total. The second-order valence-corrected chi connectivity index (χ2v) is 12.2. The van der Waals surface area contributed by atoms with E-state index < -0.39 is 27.7 Å². The van der Waals surface area contributed by atoms with E-state index in [1.54, 1.807) is 0 Å². The second-order valence-electron chi connectivity index (χ2n) is 10.2. The smallest absolute Gasteiger partial charge is 0.136 e. The first kappa shape index (κ1) is 24.5. The van der Waals surface area contributed by atoms with Crippen LogP contribution < -0.4 is 4.72 Å². The quantitative estimate of drug-likeness (QED) is 0.422. The highest BCUT2D eigenvalue weighted by atomic mass is 32.2. The lowest BCUT2D eigenvalue weighted by molar-refractivity contribution is 0.291. The van der Waals surface area contributed by atoms with Crippen LogP contribution in [-0.2, 0) is 17.9 Å². The van der Waals surface area contributed by atoms with Gasteiger partial charge in [-0.1, -0.05) is 51.1 Å². The first-order valence-electron chi connectivity index (χ1n) is 10.7. The molecule has 0 spiro atoms. The number of aromatic nitrogens is 1. The Balaban J connectivity index is 2.13. The zero-order valence-corrected chi connectivity index (χ0v) is 20.4. The molecule has 1 heterocycles. The number of halogens is 2. The minimum absolute atomic E-state index is 0.211. The second kappa shape index (κ2) is 9.38. The molecule has 0 fully saturated rings. The lowest BCUT2D eigenvalue weighted by atomic mass is 9.85. The van der Waals surface area contributed by atoms with Crippen molar-refractivity contribution in [2.45, 2.75) is 58.9 Å². The summed E-state index contributed by atoms with van der Waals surface area (Å²) >= 11 is -1.31. The van der Waals surface area contributed by atoms with Crippen LogP contribution in [0.4, 0.5) is 8.78 Å². The van der Waals surface area contributed by atoms with Crippen molar-refractivity contribution in [3.63, 3.8) is 0 Å². The molecule has 0 saturated heterocycles. The van der Waals surface area contributed by atoms with Gasteiger partial charge in [0.2, 0.25) is 0 Å². The molecule has 3 aromatic rings. The van der Waals surface area contributed by atoms with Gasteiger partial charge in [-0.05, 0) is 56.0 Å². The predicted octanol–water partition coefficient (Wildman–Crippen LogP) is 6.62. The zero-order chi connectivity index (χ0) is 23.7. The average molecular weight is 459 g/mol. The molecule has 0 amide bonds. The molecule has 1 aromatic heterocycles. The first-order valence-corrected chi connectivity index (χ1v) is 11.9. The summed E-state index contributed by atoms with van der Waals surface area (Å²) in [5.41, 5.74) is 2.47. The van der Waals surface area contributed by atoms with E-state index in [-0.39, 0.29) is 17.0 Å². The lowest BCUT2D eigenvalue weighted by Crippen LogP contribution is -2.45. The maximum Gasteiger partial charge on any atom is 0.136 e. The molecule has 0 aliphatic carbocycles. The van der Waals surface area contributed by atoms with Crippen molar-refractivity contribution in [2.24, 2.45) is 5.41 Å². The third-order valence-electron chi connectivity index (χ3n) is 5.31. The van der Waals surface area contributed by atoms with Crippen molar-refractivity contribution < 1.29 is 13.3 Å². The summed E-state index contributed by atoms with van der Waals surface area (Å²) in [4.78, 5) is 0. The van der Waals surface area contributed by atoms with Crippen LogP contribution in [0.5, 0.6) is 0 Å². The van der Waals surface area contributed by atoms with Crippen molar-refractivity contribution in [1.29, 1.82) is 0 Å². The molecule has 2 atom stereocenters. The molecule has 0 aliphatic rings. The summed E-state index contributed by atoms with van der Waals surface area (Å²) in [5, 5.41) is 0. The van der Waals surface area contributed by atoms with E-state index in [0.717, 1.165) is 23.4 Å². The van der Waals surface area contributed by atoms with E-state index in [0.29, 0.717) is 12.1 Å². The highest BCUT2D eigenvalue weighted by Crippen LogP contribution is 2.38. The van der Waals surface area contributed by atoms with Crippen LogP contribution in [-0.4, -0.2) is 13.9 Å². The summed E-state index contributed by atoms with van der Waals surface area (Å²) in [7, 11) is 0. The molecular weight excluding hydrogens is 426 g/mol. The van der Waals surface area contributed by atoms with Crippen LogP contribution in [0.25, 0.3) is 11.1 Å². The fourth-order valence-corrected chi connectivity index (χ4v) is 4.56. The summed E-state index contributed by atoms with van der Waals surface area (Å²) in [6.07, 6.45) is 1.85. The Kier molecular flexibility index (Phi) is 7.18. The van der Waals surface area contributed by atoms with Crippen LogP contribution in [0.15, 0.2) is 60.8 Å². The Bertz CT molecular complexity index is 1050. The van der Waals surface area contributed by atoms with Gasteiger partial charge in [-0.3, -0.25) is 0 Å². The number of nitrogens with one attached hydrogen (secondary N) is 1. The number of hydrogen-bond acceptors (Lipinski definition) is 2. The molecule has 3 rings (SSSR count). The van der Waals surface area contributed by atoms with Gasteiger partial charge in [0.25, 0.3) is 0 Å². The first-order chi connectivity index (χ1) is 14.9. The van der Waals surface area contributed by atoms with Crippen LogP contribution in [0.2, 0.25) is 0 Å². The van der Waals surface area contributed by atoms with Crippen molar-refractivity contribution in [2.75, 3.05) is 0 Å². The van der Waals surface area contributed by atoms with Gasteiger partial charge in [0.15, 0.2) is 0 Å². The molecule has 6 heteroatoms. The largest absolute Gasteiger partial charge is 0.598 e. The zero-order valence-electron chi connectivity index (χ0n) is 19.6. The minimum Gasteiger partial charge on any atom is -0.598 e. The van der Waals surface area contributed by atoms with E-state index in [9.17, 15) is 13.3 Å². The van der Waals surface area contributed by atoms with Gasteiger partial charge in [-0.15, -0.1) is 4.72 Å². The Morgan fingerprint density at radius 2 is 1.62 bits per heavy atom. The van der Waals surface area contributed by atoms with Gasteiger partial charge in [0.1, 0.15) is 16.4 Å².